The smallest absolute Gasteiger partial charge is 0.199 e. The van der Waals surface area contributed by atoms with E-state index in [-0.39, 0.29) is 12.8 Å². The third kappa shape index (κ3) is 7.23. The van der Waals surface area contributed by atoms with Crippen LogP contribution < -0.4 is 0 Å². The summed E-state index contributed by atoms with van der Waals surface area (Å²) < 4.78 is 88.8. The number of unbranched alkanes of at least 4 members (excludes halogenated alkanes) is 6. The van der Waals surface area contributed by atoms with Crippen LogP contribution in [0.1, 0.15) is 78.1 Å². The summed E-state index contributed by atoms with van der Waals surface area (Å²) in [5.74, 6) is -11.1. The lowest BCUT2D eigenvalue weighted by molar-refractivity contribution is -0.356. The molecule has 0 aliphatic heterocycles. The molecule has 24 heavy (non-hydrogen) atoms. The van der Waals surface area contributed by atoms with Gasteiger partial charge in [0.1, 0.15) is 0 Å². The summed E-state index contributed by atoms with van der Waals surface area (Å²) >= 11 is 1.63. The molecule has 0 nitrogen and oxygen atoms in total. The molecule has 0 saturated heterocycles. The highest BCUT2D eigenvalue weighted by Gasteiger charge is 2.73. The summed E-state index contributed by atoms with van der Waals surface area (Å²) in [5, 5.41) is 0. The molecule has 1 unspecified atom stereocenters. The Kier molecular flexibility index (Phi) is 9.90. The van der Waals surface area contributed by atoms with Crippen molar-refractivity contribution in [2.24, 2.45) is 0 Å². The Hall–Kier alpha value is 0.240. The van der Waals surface area contributed by atoms with Crippen molar-refractivity contribution in [1.29, 1.82) is 0 Å². The summed E-state index contributed by atoms with van der Waals surface area (Å²) in [6.45, 7) is 3.62. The third-order valence-corrected chi connectivity index (χ3v) is 5.90. The first-order chi connectivity index (χ1) is 10.8. The predicted molar refractivity (Wildman–Crippen MR) is 90.2 cm³/mol. The first kappa shape index (κ1) is 24.2. The van der Waals surface area contributed by atoms with Gasteiger partial charge >= 0.3 is 18.0 Å². The Bertz CT molecular complexity index is 355. The lowest BCUT2D eigenvalue weighted by atomic mass is 9.89. The molecule has 1 atom stereocenters. The molecule has 0 saturated carbocycles. The molecule has 0 N–H and O–H groups in total. The van der Waals surface area contributed by atoms with E-state index in [0.29, 0.717) is 6.42 Å². The maximum atomic E-state index is 13.6. The van der Waals surface area contributed by atoms with Crippen LogP contribution in [0.4, 0.5) is 30.7 Å². The van der Waals surface area contributed by atoms with Crippen molar-refractivity contribution in [1.82, 2.24) is 0 Å². The number of hydrogen-bond acceptors (Lipinski definition) is 0. The topological polar surface area (TPSA) is 0 Å². The summed E-state index contributed by atoms with van der Waals surface area (Å²) in [6.07, 6.45) is -0.794. The monoisotopic (exact) mass is 478 g/mol. The predicted octanol–water partition coefficient (Wildman–Crippen LogP) is 7.93. The van der Waals surface area contributed by atoms with E-state index in [1.165, 1.54) is 6.92 Å². The van der Waals surface area contributed by atoms with Crippen LogP contribution in [0.5, 0.6) is 0 Å². The van der Waals surface area contributed by atoms with Crippen LogP contribution in [-0.2, 0) is 0 Å². The van der Waals surface area contributed by atoms with E-state index in [2.05, 4.69) is 6.92 Å². The molecule has 0 aliphatic carbocycles. The van der Waals surface area contributed by atoms with Crippen LogP contribution in [0.25, 0.3) is 0 Å². The molecule has 0 amide bonds. The van der Waals surface area contributed by atoms with Gasteiger partial charge in [-0.1, -0.05) is 81.4 Å². The van der Waals surface area contributed by atoms with Crippen LogP contribution >= 0.6 is 22.6 Å². The van der Waals surface area contributed by atoms with Crippen molar-refractivity contribution >= 4 is 22.6 Å². The number of rotatable bonds is 12. The van der Waals surface area contributed by atoms with Crippen molar-refractivity contribution in [2.75, 3.05) is 0 Å². The van der Waals surface area contributed by atoms with Gasteiger partial charge in [-0.25, -0.2) is 0 Å². The minimum atomic E-state index is -6.25. The van der Waals surface area contributed by atoms with E-state index in [1.807, 2.05) is 0 Å². The molecular formula is C16H26F7I. The van der Waals surface area contributed by atoms with E-state index in [9.17, 15) is 30.7 Å². The summed E-state index contributed by atoms with van der Waals surface area (Å²) in [6, 6.07) is 0. The molecule has 0 aromatic rings. The lowest BCUT2D eigenvalue weighted by Crippen LogP contribution is -2.54. The average Bonchev–Trinajstić information content (AvgIpc) is 2.44. The summed E-state index contributed by atoms with van der Waals surface area (Å²) in [4.78, 5) is 0. The Morgan fingerprint density at radius 3 is 1.58 bits per heavy atom. The van der Waals surface area contributed by atoms with Crippen LogP contribution in [0, 0.1) is 0 Å². The zero-order valence-corrected chi connectivity index (χ0v) is 16.3. The van der Waals surface area contributed by atoms with Crippen molar-refractivity contribution < 1.29 is 30.7 Å². The van der Waals surface area contributed by atoms with Gasteiger partial charge in [-0.2, -0.15) is 30.7 Å². The highest BCUT2D eigenvalue weighted by atomic mass is 127. The fraction of sp³-hybridized carbons (Fsp3) is 1.00. The molecule has 0 bridgehead atoms. The molecule has 0 spiro atoms. The molecule has 0 aliphatic rings. The maximum Gasteiger partial charge on any atom is 0.459 e. The molecule has 0 rings (SSSR count). The van der Waals surface area contributed by atoms with Gasteiger partial charge in [-0.05, 0) is 12.8 Å². The quantitative estimate of drug-likeness (QED) is 0.116. The zero-order chi connectivity index (χ0) is 19.1. The highest BCUT2D eigenvalue weighted by molar-refractivity contribution is 14.1. The second-order valence-corrected chi connectivity index (χ2v) is 8.62. The second-order valence-electron chi connectivity index (χ2n) is 6.33. The van der Waals surface area contributed by atoms with Gasteiger partial charge in [0, 0.05) is 9.84 Å². The Labute approximate surface area is 153 Å². The van der Waals surface area contributed by atoms with Gasteiger partial charge in [-0.3, -0.25) is 0 Å². The molecular weight excluding hydrogens is 452 g/mol. The van der Waals surface area contributed by atoms with Crippen molar-refractivity contribution in [3.63, 3.8) is 0 Å². The molecule has 8 heteroatoms. The van der Waals surface area contributed by atoms with E-state index in [4.69, 9.17) is 0 Å². The fourth-order valence-electron chi connectivity index (χ4n) is 2.51. The average molecular weight is 478 g/mol. The zero-order valence-electron chi connectivity index (χ0n) is 14.1. The van der Waals surface area contributed by atoms with Crippen LogP contribution in [0.3, 0.4) is 0 Å². The highest BCUT2D eigenvalue weighted by Crippen LogP contribution is 2.52. The standard InChI is InChI=1S/C16H26F7I/c1-3-5-6-7-8-9-10-11-13(24,4-2)12-14(17,18)15(19,20)16(21,22)23/h3-12H2,1-2H3. The van der Waals surface area contributed by atoms with Crippen LogP contribution in [0.15, 0.2) is 0 Å². The third-order valence-electron chi connectivity index (χ3n) is 4.22. The largest absolute Gasteiger partial charge is 0.459 e. The van der Waals surface area contributed by atoms with Gasteiger partial charge in [-0.15, -0.1) is 0 Å². The number of hydrogen-bond donors (Lipinski definition) is 0. The van der Waals surface area contributed by atoms with Gasteiger partial charge in [0.05, 0.1) is 0 Å². The van der Waals surface area contributed by atoms with Crippen LogP contribution in [0.2, 0.25) is 0 Å². The van der Waals surface area contributed by atoms with Gasteiger partial charge < -0.3 is 0 Å². The molecule has 0 heterocycles. The van der Waals surface area contributed by atoms with E-state index in [1.54, 1.807) is 22.6 Å². The van der Waals surface area contributed by atoms with Gasteiger partial charge in [0.2, 0.25) is 0 Å². The Balaban J connectivity index is 4.59. The second kappa shape index (κ2) is 9.80. The minimum Gasteiger partial charge on any atom is -0.199 e. The molecule has 146 valence electrons. The van der Waals surface area contributed by atoms with Gasteiger partial charge in [0.15, 0.2) is 0 Å². The summed E-state index contributed by atoms with van der Waals surface area (Å²) in [5.41, 5.74) is 0. The van der Waals surface area contributed by atoms with E-state index < -0.39 is 27.9 Å². The number of halogens is 8. The normalized spacial score (nSPS) is 16.2. The number of alkyl halides is 8. The first-order valence-electron chi connectivity index (χ1n) is 8.34. The van der Waals surface area contributed by atoms with E-state index >= 15 is 0 Å². The minimum absolute atomic E-state index is 0.118. The molecule has 0 radical (unpaired) electrons. The Morgan fingerprint density at radius 1 is 0.708 bits per heavy atom. The van der Waals surface area contributed by atoms with Crippen LogP contribution in [-0.4, -0.2) is 21.4 Å². The van der Waals surface area contributed by atoms with Crippen molar-refractivity contribution in [3.05, 3.63) is 0 Å². The van der Waals surface area contributed by atoms with Crippen molar-refractivity contribution in [3.8, 4) is 0 Å². The maximum absolute atomic E-state index is 13.6. The molecule has 0 aromatic heterocycles. The lowest BCUT2D eigenvalue weighted by Gasteiger charge is -2.35. The SMILES string of the molecule is CCCCCCCCCC(I)(CC)CC(F)(F)C(F)(F)C(F)(F)F. The van der Waals surface area contributed by atoms with Crippen molar-refractivity contribution in [2.45, 2.75) is 99.5 Å². The Morgan fingerprint density at radius 2 is 1.17 bits per heavy atom. The van der Waals surface area contributed by atoms with E-state index in [0.717, 1.165) is 38.5 Å². The molecule has 0 aromatic carbocycles. The first-order valence-corrected chi connectivity index (χ1v) is 9.42. The fourth-order valence-corrected chi connectivity index (χ4v) is 3.37. The summed E-state index contributed by atoms with van der Waals surface area (Å²) in [7, 11) is 0. The van der Waals surface area contributed by atoms with Gasteiger partial charge in [0.25, 0.3) is 0 Å². The molecule has 0 fully saturated rings.